The predicted octanol–water partition coefficient (Wildman–Crippen LogP) is 0.217. The van der Waals surface area contributed by atoms with Crippen LogP contribution in [-0.4, -0.2) is 90.6 Å². The van der Waals surface area contributed by atoms with Crippen molar-refractivity contribution in [3.63, 3.8) is 0 Å². The minimum atomic E-state index is -1.90. The largest absolute Gasteiger partial charge is 0.508 e. The number of carboxylic acid groups (broad SMARTS) is 1. The van der Waals surface area contributed by atoms with Crippen molar-refractivity contribution in [3.05, 3.63) is 52.7 Å². The van der Waals surface area contributed by atoms with Gasteiger partial charge in [0.05, 0.1) is 18.4 Å². The minimum absolute atomic E-state index is 0.00157. The first-order valence-electron chi connectivity index (χ1n) is 12.3. The van der Waals surface area contributed by atoms with Gasteiger partial charge in [0.1, 0.15) is 65.0 Å². The van der Waals surface area contributed by atoms with Gasteiger partial charge in [0.2, 0.25) is 6.29 Å². The molecular weight excluding hydrogens is 548 g/mol. The van der Waals surface area contributed by atoms with Crippen molar-refractivity contribution in [2.24, 2.45) is 0 Å². The Kier molecular flexibility index (Phi) is 8.51. The number of ether oxygens (including phenoxy) is 3. The summed E-state index contributed by atoms with van der Waals surface area (Å²) in [5.74, 6) is -2.90. The number of hydrogen-bond donors (Lipinski definition) is 7. The lowest BCUT2D eigenvalue weighted by atomic mass is 9.98. The first-order chi connectivity index (χ1) is 19.2. The molecule has 1 aromatic heterocycles. The van der Waals surface area contributed by atoms with Crippen LogP contribution >= 0.6 is 0 Å². The van der Waals surface area contributed by atoms with Gasteiger partial charge in [0.15, 0.2) is 5.43 Å². The summed E-state index contributed by atoms with van der Waals surface area (Å²) >= 11 is 0. The van der Waals surface area contributed by atoms with E-state index in [0.717, 1.165) is 19.1 Å². The number of carbonyl (C=O) groups excluding carboxylic acids is 1. The summed E-state index contributed by atoms with van der Waals surface area (Å²) in [4.78, 5) is 35.6. The summed E-state index contributed by atoms with van der Waals surface area (Å²) in [6.45, 7) is 0.480. The fourth-order valence-corrected chi connectivity index (χ4v) is 4.29. The number of aliphatic carboxylic acids is 1. The second kappa shape index (κ2) is 11.7. The molecule has 1 aliphatic rings. The van der Waals surface area contributed by atoms with Crippen LogP contribution in [0, 0.1) is 0 Å². The number of phenolic OH excluding ortho intramolecular Hbond substituents is 2. The fraction of sp³-hybridized carbons (Fsp3) is 0.370. The smallest absolute Gasteiger partial charge is 0.308 e. The van der Waals surface area contributed by atoms with E-state index in [2.05, 4.69) is 0 Å². The number of fused-ring (bicyclic) bond motifs is 1. The van der Waals surface area contributed by atoms with E-state index in [0.29, 0.717) is 5.56 Å². The number of esters is 1. The number of aliphatic hydroxyl groups excluding tert-OH is 3. The Morgan fingerprint density at radius 2 is 1.66 bits per heavy atom. The monoisotopic (exact) mass is 576 g/mol. The highest BCUT2D eigenvalue weighted by Gasteiger charge is 2.45. The summed E-state index contributed by atoms with van der Waals surface area (Å²) < 4.78 is 21.8. The van der Waals surface area contributed by atoms with Gasteiger partial charge in [-0.3, -0.25) is 14.4 Å². The van der Waals surface area contributed by atoms with E-state index in [9.17, 15) is 45.0 Å². The van der Waals surface area contributed by atoms with E-state index in [-0.39, 0.29) is 28.2 Å². The van der Waals surface area contributed by atoms with Crippen molar-refractivity contribution in [1.29, 1.82) is 0 Å². The zero-order valence-electron chi connectivity index (χ0n) is 21.5. The maximum Gasteiger partial charge on any atom is 0.308 e. The lowest BCUT2D eigenvalue weighted by Gasteiger charge is -2.40. The van der Waals surface area contributed by atoms with Crippen LogP contribution < -0.4 is 10.2 Å². The van der Waals surface area contributed by atoms with Crippen LogP contribution in [0.4, 0.5) is 0 Å². The zero-order chi connectivity index (χ0) is 30.1. The molecule has 0 saturated carbocycles. The second-order valence-corrected chi connectivity index (χ2v) is 9.90. The number of hydrogen-bond acceptors (Lipinski definition) is 13. The average molecular weight is 577 g/mol. The van der Waals surface area contributed by atoms with Crippen molar-refractivity contribution in [2.45, 2.75) is 56.1 Å². The van der Waals surface area contributed by atoms with Crippen molar-refractivity contribution in [2.75, 3.05) is 6.61 Å². The summed E-state index contributed by atoms with van der Waals surface area (Å²) in [6.07, 6.45) is -9.83. The average Bonchev–Trinajstić information content (AvgIpc) is 2.87. The Labute approximate surface area is 231 Å². The van der Waals surface area contributed by atoms with Crippen molar-refractivity contribution in [1.82, 2.24) is 0 Å². The van der Waals surface area contributed by atoms with Crippen LogP contribution in [0.25, 0.3) is 22.3 Å². The highest BCUT2D eigenvalue weighted by atomic mass is 16.7. The number of rotatable bonds is 9. The quantitative estimate of drug-likeness (QED) is 0.169. The zero-order valence-corrected chi connectivity index (χ0v) is 21.5. The molecule has 0 radical (unpaired) electrons. The fourth-order valence-electron chi connectivity index (χ4n) is 4.29. The van der Waals surface area contributed by atoms with Crippen LogP contribution in [0.2, 0.25) is 0 Å². The van der Waals surface area contributed by atoms with Gasteiger partial charge in [-0.15, -0.1) is 0 Å². The van der Waals surface area contributed by atoms with E-state index in [1.165, 1.54) is 30.3 Å². The Hall–Kier alpha value is -4.21. The molecule has 0 bridgehead atoms. The SMILES string of the molecule is CC(O)(CC(=O)O)CC(=O)OC[C@H]1O[C@@H](Oc2cc(O)c3c(=O)cc(-c4ccc(O)cc4)oc3c2)[C@H](O)[C@@H](O)[C@H]1O. The molecule has 1 aliphatic heterocycles. The summed E-state index contributed by atoms with van der Waals surface area (Å²) in [5.41, 5.74) is -2.11. The standard InChI is InChI=1S/C27H28O14/c1-27(37,9-20(31)32)10-21(33)38-11-19-23(34)24(35)25(36)26(41-19)39-14-6-15(29)22-16(30)8-17(40-18(22)7-14)12-2-4-13(28)5-3-12/h2-8,19,23-26,28-29,34-37H,9-11H2,1H3,(H,31,32)/t19-,23+,24+,25-,26-,27?/m1/s1. The first kappa shape index (κ1) is 29.8. The van der Waals surface area contributed by atoms with Crippen molar-refractivity contribution in [3.8, 4) is 28.6 Å². The molecule has 6 atom stereocenters. The maximum atomic E-state index is 12.7. The molecule has 14 nitrogen and oxygen atoms in total. The molecule has 14 heteroatoms. The predicted molar refractivity (Wildman–Crippen MR) is 137 cm³/mol. The van der Waals surface area contributed by atoms with Crippen LogP contribution in [0.1, 0.15) is 19.8 Å². The van der Waals surface area contributed by atoms with Gasteiger partial charge in [-0.05, 0) is 31.2 Å². The molecule has 2 aromatic carbocycles. The van der Waals surface area contributed by atoms with E-state index in [1.54, 1.807) is 0 Å². The number of aliphatic hydroxyl groups is 4. The van der Waals surface area contributed by atoms with Crippen molar-refractivity contribution < 1.29 is 64.0 Å². The number of carboxylic acids is 1. The normalized spacial score (nSPS) is 24.0. The summed E-state index contributed by atoms with van der Waals surface area (Å²) in [6, 6.07) is 9.25. The minimum Gasteiger partial charge on any atom is -0.508 e. The van der Waals surface area contributed by atoms with Crippen LogP contribution in [0.15, 0.2) is 51.7 Å². The third-order valence-corrected chi connectivity index (χ3v) is 6.32. The van der Waals surface area contributed by atoms with Crippen LogP contribution in [-0.2, 0) is 19.1 Å². The van der Waals surface area contributed by atoms with Gasteiger partial charge in [0.25, 0.3) is 0 Å². The van der Waals surface area contributed by atoms with E-state index in [1.807, 2.05) is 0 Å². The third-order valence-electron chi connectivity index (χ3n) is 6.32. The van der Waals surface area contributed by atoms with Gasteiger partial charge in [-0.25, -0.2) is 0 Å². The topological polar surface area (TPSA) is 234 Å². The molecular formula is C27H28O14. The molecule has 7 N–H and O–H groups in total. The lowest BCUT2D eigenvalue weighted by Crippen LogP contribution is -2.60. The number of benzene rings is 2. The molecule has 1 fully saturated rings. The number of phenols is 2. The van der Waals surface area contributed by atoms with Gasteiger partial charge >= 0.3 is 11.9 Å². The van der Waals surface area contributed by atoms with Gasteiger partial charge in [0, 0.05) is 23.8 Å². The van der Waals surface area contributed by atoms with Crippen LogP contribution in [0.3, 0.4) is 0 Å². The van der Waals surface area contributed by atoms with Gasteiger partial charge < -0.3 is 54.4 Å². The number of carbonyl (C=O) groups is 2. The second-order valence-electron chi connectivity index (χ2n) is 9.90. The first-order valence-corrected chi connectivity index (χ1v) is 12.3. The Balaban J connectivity index is 1.52. The maximum absolute atomic E-state index is 12.7. The van der Waals surface area contributed by atoms with Gasteiger partial charge in [-0.1, -0.05) is 0 Å². The summed E-state index contributed by atoms with van der Waals surface area (Å²) in [7, 11) is 0. The van der Waals surface area contributed by atoms with E-state index >= 15 is 0 Å². The molecule has 220 valence electrons. The highest BCUT2D eigenvalue weighted by molar-refractivity contribution is 5.86. The molecule has 0 amide bonds. The van der Waals surface area contributed by atoms with E-state index in [4.69, 9.17) is 23.7 Å². The molecule has 41 heavy (non-hydrogen) atoms. The molecule has 0 aliphatic carbocycles. The Morgan fingerprint density at radius 1 is 0.976 bits per heavy atom. The van der Waals surface area contributed by atoms with Crippen LogP contribution in [0.5, 0.6) is 17.2 Å². The molecule has 0 spiro atoms. The van der Waals surface area contributed by atoms with Gasteiger partial charge in [-0.2, -0.15) is 0 Å². The molecule has 1 saturated heterocycles. The Bertz CT molecular complexity index is 1480. The Morgan fingerprint density at radius 3 is 2.32 bits per heavy atom. The summed E-state index contributed by atoms with van der Waals surface area (Å²) in [5, 5.41) is 69.7. The van der Waals surface area contributed by atoms with Crippen molar-refractivity contribution >= 4 is 22.9 Å². The molecule has 2 heterocycles. The van der Waals surface area contributed by atoms with E-state index < -0.39 is 78.9 Å². The molecule has 4 rings (SSSR count). The number of aromatic hydroxyl groups is 2. The lowest BCUT2D eigenvalue weighted by molar-refractivity contribution is -0.278. The highest BCUT2D eigenvalue weighted by Crippen LogP contribution is 2.33. The third kappa shape index (κ3) is 6.93. The molecule has 1 unspecified atom stereocenters. The molecule has 3 aromatic rings.